The molecule has 148 valence electrons. The zero-order chi connectivity index (χ0) is 20.2. The number of nitrogen functional groups attached to an aromatic ring is 1. The molecule has 6 nitrogen and oxygen atoms in total. The smallest absolute Gasteiger partial charge is 0.244 e. The van der Waals surface area contributed by atoms with Crippen LogP contribution < -0.4 is 5.73 Å². The van der Waals surface area contributed by atoms with E-state index in [0.29, 0.717) is 41.2 Å². The summed E-state index contributed by atoms with van der Waals surface area (Å²) in [6.45, 7) is 0.782. The number of rotatable bonds is 4. The molecule has 2 saturated heterocycles. The highest BCUT2D eigenvalue weighted by molar-refractivity contribution is 7.89. The fourth-order valence-electron chi connectivity index (χ4n) is 3.75. The van der Waals surface area contributed by atoms with Crippen LogP contribution in [-0.2, 0) is 14.8 Å². The van der Waals surface area contributed by atoms with E-state index < -0.39 is 15.8 Å². The Hall–Kier alpha value is -2.81. The lowest BCUT2D eigenvalue weighted by molar-refractivity contribution is -0.181. The number of fused-ring (bicyclic) bond motifs is 1. The van der Waals surface area contributed by atoms with Crippen molar-refractivity contribution in [2.24, 2.45) is 0 Å². The third kappa shape index (κ3) is 2.91. The van der Waals surface area contributed by atoms with Gasteiger partial charge in [-0.05, 0) is 29.8 Å². The first-order valence-corrected chi connectivity index (χ1v) is 10.6. The molecule has 3 heterocycles. The summed E-state index contributed by atoms with van der Waals surface area (Å²) in [5, 5.41) is 0. The number of sulfonamides is 1. The first-order valence-electron chi connectivity index (χ1n) is 9.19. The van der Waals surface area contributed by atoms with Gasteiger partial charge in [-0.1, -0.05) is 30.3 Å². The highest BCUT2D eigenvalue weighted by atomic mass is 32.2. The van der Waals surface area contributed by atoms with Gasteiger partial charge in [0.25, 0.3) is 0 Å². The number of anilines is 1. The summed E-state index contributed by atoms with van der Waals surface area (Å²) >= 11 is 0. The zero-order valence-corrected chi connectivity index (χ0v) is 16.1. The molecule has 0 amide bonds. The molecule has 3 aromatic rings. The average molecular weight is 411 g/mol. The average Bonchev–Trinajstić information content (AvgIpc) is 2.70. The van der Waals surface area contributed by atoms with Crippen LogP contribution in [0.1, 0.15) is 0 Å². The van der Waals surface area contributed by atoms with Crippen LogP contribution in [0.15, 0.2) is 65.7 Å². The van der Waals surface area contributed by atoms with Crippen LogP contribution in [-0.4, -0.2) is 43.0 Å². The van der Waals surface area contributed by atoms with Crippen molar-refractivity contribution in [3.8, 4) is 22.3 Å². The van der Waals surface area contributed by atoms with E-state index >= 15 is 0 Å². The minimum absolute atomic E-state index is 0.00202. The van der Waals surface area contributed by atoms with E-state index in [4.69, 9.17) is 10.5 Å². The first-order chi connectivity index (χ1) is 13.9. The van der Waals surface area contributed by atoms with Gasteiger partial charge in [0, 0.05) is 29.4 Å². The third-order valence-corrected chi connectivity index (χ3v) is 7.44. The molecule has 2 N–H and O–H groups in total. The van der Waals surface area contributed by atoms with E-state index in [1.54, 1.807) is 48.5 Å². The molecule has 2 aromatic carbocycles. The van der Waals surface area contributed by atoms with Crippen molar-refractivity contribution in [2.75, 3.05) is 18.9 Å². The zero-order valence-electron chi connectivity index (χ0n) is 15.3. The molecule has 0 spiro atoms. The van der Waals surface area contributed by atoms with Crippen molar-refractivity contribution >= 4 is 15.8 Å². The van der Waals surface area contributed by atoms with Gasteiger partial charge in [-0.2, -0.15) is 4.31 Å². The van der Waals surface area contributed by atoms with Crippen LogP contribution in [0, 0.1) is 5.82 Å². The van der Waals surface area contributed by atoms with E-state index in [-0.39, 0.29) is 17.0 Å². The summed E-state index contributed by atoms with van der Waals surface area (Å²) in [7, 11) is -3.68. The molecule has 2 aliphatic heterocycles. The lowest BCUT2D eigenvalue weighted by atomic mass is 9.99. The SMILES string of the molecule is Nc1ccc(-c2ccc(-c3ccccc3S(=O)(=O)N3CC4OCC43)cc2F)cn1. The Morgan fingerprint density at radius 1 is 1.07 bits per heavy atom. The van der Waals surface area contributed by atoms with Crippen molar-refractivity contribution in [3.63, 3.8) is 0 Å². The molecule has 2 unspecified atom stereocenters. The molecule has 1 aromatic heterocycles. The van der Waals surface area contributed by atoms with E-state index in [1.165, 1.54) is 16.6 Å². The quantitative estimate of drug-likeness (QED) is 0.714. The summed E-state index contributed by atoms with van der Waals surface area (Å²) in [5.74, 6) is -0.104. The van der Waals surface area contributed by atoms with Gasteiger partial charge in [-0.25, -0.2) is 17.8 Å². The van der Waals surface area contributed by atoms with Gasteiger partial charge in [-0.15, -0.1) is 0 Å². The molecule has 0 radical (unpaired) electrons. The lowest BCUT2D eigenvalue weighted by Crippen LogP contribution is -2.71. The lowest BCUT2D eigenvalue weighted by Gasteiger charge is -2.53. The Balaban J connectivity index is 1.54. The monoisotopic (exact) mass is 411 g/mol. The first kappa shape index (κ1) is 18.2. The maximum absolute atomic E-state index is 14.9. The number of pyridine rings is 1. The van der Waals surface area contributed by atoms with Gasteiger partial charge in [0.2, 0.25) is 10.0 Å². The Morgan fingerprint density at radius 3 is 2.48 bits per heavy atom. The van der Waals surface area contributed by atoms with Crippen LogP contribution >= 0.6 is 0 Å². The second-order valence-electron chi connectivity index (χ2n) is 7.18. The summed E-state index contributed by atoms with van der Waals surface area (Å²) in [6, 6.07) is 14.6. The second-order valence-corrected chi connectivity index (χ2v) is 9.04. The van der Waals surface area contributed by atoms with Gasteiger partial charge >= 0.3 is 0 Å². The van der Waals surface area contributed by atoms with Crippen LogP contribution in [0.2, 0.25) is 0 Å². The number of nitrogens with zero attached hydrogens (tertiary/aromatic N) is 2. The predicted octanol–water partition coefficient (Wildman–Crippen LogP) is 2.91. The molecular formula is C21H18FN3O3S. The fourth-order valence-corrected chi connectivity index (χ4v) is 5.61. The Kier molecular flexibility index (Phi) is 4.16. The number of halogens is 1. The minimum atomic E-state index is -3.68. The standard InChI is InChI=1S/C21H18FN3O3S/c22-17-9-13(5-7-15(17)14-6-8-21(23)24-10-14)16-3-1-2-4-20(16)29(26,27)25-11-19-18(25)12-28-19/h1-10,18-19H,11-12H2,(H2,23,24). The summed E-state index contributed by atoms with van der Waals surface area (Å²) in [6.07, 6.45) is 1.51. The maximum Gasteiger partial charge on any atom is 0.244 e. The Morgan fingerprint density at radius 2 is 1.86 bits per heavy atom. The molecule has 2 fully saturated rings. The molecule has 5 rings (SSSR count). The molecule has 8 heteroatoms. The van der Waals surface area contributed by atoms with E-state index in [0.717, 1.165) is 0 Å². The van der Waals surface area contributed by atoms with Crippen LogP contribution in [0.3, 0.4) is 0 Å². The molecule has 0 saturated carbocycles. The number of hydrogen-bond donors (Lipinski definition) is 1. The van der Waals surface area contributed by atoms with Gasteiger partial charge in [0.05, 0.1) is 23.6 Å². The number of aromatic nitrogens is 1. The number of nitrogens with two attached hydrogens (primary N) is 1. The van der Waals surface area contributed by atoms with Crippen molar-refractivity contribution in [2.45, 2.75) is 17.0 Å². The fraction of sp³-hybridized carbons (Fsp3) is 0.190. The molecule has 2 aliphatic rings. The van der Waals surface area contributed by atoms with Crippen molar-refractivity contribution in [1.29, 1.82) is 0 Å². The van der Waals surface area contributed by atoms with Gasteiger partial charge < -0.3 is 10.5 Å². The second kappa shape index (κ2) is 6.62. The molecule has 29 heavy (non-hydrogen) atoms. The van der Waals surface area contributed by atoms with Gasteiger partial charge in [-0.3, -0.25) is 0 Å². The van der Waals surface area contributed by atoms with Gasteiger partial charge in [0.1, 0.15) is 11.6 Å². The van der Waals surface area contributed by atoms with E-state index in [1.807, 2.05) is 0 Å². The van der Waals surface area contributed by atoms with Crippen molar-refractivity contribution < 1.29 is 17.5 Å². The molecule has 0 aliphatic carbocycles. The Bertz CT molecular complexity index is 1200. The highest BCUT2D eigenvalue weighted by Crippen LogP contribution is 2.38. The summed E-state index contributed by atoms with van der Waals surface area (Å²) < 4.78 is 48.0. The topological polar surface area (TPSA) is 85.5 Å². The Labute approximate surface area is 167 Å². The molecular weight excluding hydrogens is 393 g/mol. The number of ether oxygens (including phenoxy) is 1. The summed E-state index contributed by atoms with van der Waals surface area (Å²) in [4.78, 5) is 4.17. The highest BCUT2D eigenvalue weighted by Gasteiger charge is 2.53. The van der Waals surface area contributed by atoms with Crippen molar-refractivity contribution in [1.82, 2.24) is 9.29 Å². The van der Waals surface area contributed by atoms with Crippen molar-refractivity contribution in [3.05, 3.63) is 66.6 Å². The third-order valence-electron chi connectivity index (χ3n) is 5.49. The maximum atomic E-state index is 14.9. The minimum Gasteiger partial charge on any atom is -0.384 e. The summed E-state index contributed by atoms with van der Waals surface area (Å²) in [5.41, 5.74) is 7.53. The van der Waals surface area contributed by atoms with Gasteiger partial charge in [0.15, 0.2) is 0 Å². The van der Waals surface area contributed by atoms with Crippen LogP contribution in [0.25, 0.3) is 22.3 Å². The molecule has 0 bridgehead atoms. The van der Waals surface area contributed by atoms with Crippen LogP contribution in [0.4, 0.5) is 10.2 Å². The number of hydrogen-bond acceptors (Lipinski definition) is 5. The number of benzene rings is 2. The normalized spacial score (nSPS) is 21.1. The van der Waals surface area contributed by atoms with E-state index in [9.17, 15) is 12.8 Å². The predicted molar refractivity (Wildman–Crippen MR) is 107 cm³/mol. The van der Waals surface area contributed by atoms with Crippen LogP contribution in [0.5, 0.6) is 0 Å². The largest absolute Gasteiger partial charge is 0.384 e. The number of morpholine rings is 1. The van der Waals surface area contributed by atoms with E-state index in [2.05, 4.69) is 4.98 Å². The molecule has 2 atom stereocenters.